The number of ether oxygens (including phenoxy) is 2. The van der Waals surface area contributed by atoms with Crippen LogP contribution in [-0.4, -0.2) is 63.9 Å². The van der Waals surface area contributed by atoms with Crippen LogP contribution in [0.1, 0.15) is 26.0 Å². The summed E-state index contributed by atoms with van der Waals surface area (Å²) in [6.07, 6.45) is 0.260. The van der Waals surface area contributed by atoms with Gasteiger partial charge in [0.15, 0.2) is 5.79 Å². The molecule has 0 bridgehead atoms. The fraction of sp³-hybridized carbons (Fsp3) is 0.522. The molecular weight excluding hydrogens is 445 g/mol. The van der Waals surface area contributed by atoms with Crippen molar-refractivity contribution in [1.29, 1.82) is 0 Å². The number of thiazole rings is 1. The number of halogens is 1. The number of anilines is 2. The zero-order valence-electron chi connectivity index (χ0n) is 18.8. The van der Waals surface area contributed by atoms with Crippen LogP contribution in [0.4, 0.5) is 16.2 Å². The predicted molar refractivity (Wildman–Crippen MR) is 126 cm³/mol. The van der Waals surface area contributed by atoms with E-state index < -0.39 is 12.5 Å². The molecule has 3 heterocycles. The largest absolute Gasteiger partial charge is 0.396 e. The molecule has 0 unspecified atom stereocenters. The second-order valence-electron chi connectivity index (χ2n) is 8.95. The molecular formula is C23H28FN5O3S. The Balaban J connectivity index is 1.54. The molecule has 5 rings (SSSR count). The highest BCUT2D eigenvalue weighted by atomic mass is 32.1. The molecule has 8 nitrogen and oxygen atoms in total. The number of para-hydroxylation sites is 1. The molecule has 176 valence electrons. The van der Waals surface area contributed by atoms with Crippen LogP contribution in [0.5, 0.6) is 0 Å². The Morgan fingerprint density at radius 3 is 2.73 bits per heavy atom. The lowest BCUT2D eigenvalue weighted by Gasteiger charge is -2.25. The second kappa shape index (κ2) is 8.75. The third-order valence-corrected chi connectivity index (χ3v) is 7.17. The van der Waals surface area contributed by atoms with E-state index in [1.165, 1.54) is 0 Å². The maximum atomic E-state index is 12.8. The lowest BCUT2D eigenvalue weighted by molar-refractivity contribution is -0.158. The van der Waals surface area contributed by atoms with Crippen LogP contribution in [0.2, 0.25) is 0 Å². The molecule has 1 saturated carbocycles. The minimum Gasteiger partial charge on any atom is -0.396 e. The van der Waals surface area contributed by atoms with Crippen molar-refractivity contribution in [1.82, 2.24) is 15.0 Å². The van der Waals surface area contributed by atoms with E-state index in [2.05, 4.69) is 15.6 Å². The monoisotopic (exact) mass is 473 g/mol. The number of hydrogen-bond acceptors (Lipinski definition) is 9. The third-order valence-electron chi connectivity index (χ3n) is 6.11. The molecule has 4 atom stereocenters. The van der Waals surface area contributed by atoms with Crippen molar-refractivity contribution in [3.05, 3.63) is 30.0 Å². The van der Waals surface area contributed by atoms with Gasteiger partial charge < -0.3 is 25.2 Å². The van der Waals surface area contributed by atoms with E-state index in [9.17, 15) is 9.50 Å². The van der Waals surface area contributed by atoms with Crippen molar-refractivity contribution in [3.8, 4) is 10.6 Å². The maximum absolute atomic E-state index is 12.8. The highest BCUT2D eigenvalue weighted by Crippen LogP contribution is 2.44. The fourth-order valence-electron chi connectivity index (χ4n) is 4.73. The summed E-state index contributed by atoms with van der Waals surface area (Å²) in [5, 5.41) is 17.2. The lowest BCUT2D eigenvalue weighted by atomic mass is 10.1. The van der Waals surface area contributed by atoms with Gasteiger partial charge in [-0.1, -0.05) is 12.1 Å². The van der Waals surface area contributed by atoms with Crippen molar-refractivity contribution in [2.45, 2.75) is 51.2 Å². The SMILES string of the molecule is Cc1nc(NCCF)nc(N[C@@H]2C[C@H](CO)[C@H]3OC(C)(C)O[C@H]32)c1-c1nc2ccccc2s1. The number of hydrogen-bond donors (Lipinski definition) is 3. The molecule has 33 heavy (non-hydrogen) atoms. The average molecular weight is 474 g/mol. The number of alkyl halides is 1. The van der Waals surface area contributed by atoms with E-state index in [4.69, 9.17) is 19.4 Å². The van der Waals surface area contributed by atoms with Gasteiger partial charge in [0, 0.05) is 19.1 Å². The zero-order chi connectivity index (χ0) is 23.2. The molecule has 3 N–H and O–H groups in total. The first-order chi connectivity index (χ1) is 15.9. The molecule has 2 aromatic heterocycles. The lowest BCUT2D eigenvalue weighted by Crippen LogP contribution is -2.35. The minimum absolute atomic E-state index is 0.0234. The van der Waals surface area contributed by atoms with Crippen LogP contribution in [-0.2, 0) is 9.47 Å². The number of nitrogens with zero attached hydrogens (tertiary/aromatic N) is 3. The van der Waals surface area contributed by atoms with Crippen LogP contribution in [0, 0.1) is 12.8 Å². The maximum Gasteiger partial charge on any atom is 0.224 e. The van der Waals surface area contributed by atoms with Gasteiger partial charge in [0.25, 0.3) is 0 Å². The number of aliphatic hydroxyl groups is 1. The molecule has 3 aromatic rings. The summed E-state index contributed by atoms with van der Waals surface area (Å²) in [5.74, 6) is 0.217. The van der Waals surface area contributed by atoms with Crippen molar-refractivity contribution in [3.63, 3.8) is 0 Å². The molecule has 2 fully saturated rings. The smallest absolute Gasteiger partial charge is 0.224 e. The van der Waals surface area contributed by atoms with Crippen LogP contribution in [0.25, 0.3) is 20.8 Å². The number of nitrogens with one attached hydrogen (secondary N) is 2. The van der Waals surface area contributed by atoms with Gasteiger partial charge in [-0.05, 0) is 39.3 Å². The van der Waals surface area contributed by atoms with Crippen LogP contribution < -0.4 is 10.6 Å². The summed E-state index contributed by atoms with van der Waals surface area (Å²) in [4.78, 5) is 14.1. The first kappa shape index (κ1) is 22.4. The number of fused-ring (bicyclic) bond motifs is 2. The standard InChI is InChI=1S/C23H28FN5O3S/c1-12-17(21-28-14-6-4-5-7-16(14)33-21)20(29-22(26-12)25-9-8-24)27-15-10-13(11-30)18-19(15)32-23(2,3)31-18/h4-7,13,15,18-19,30H,8-11H2,1-3H3,(H2,25,26,27,29)/t13-,15-,18-,19+/m1/s1. The predicted octanol–water partition coefficient (Wildman–Crippen LogP) is 3.76. The third kappa shape index (κ3) is 4.28. The Labute approximate surface area is 195 Å². The van der Waals surface area contributed by atoms with E-state index in [1.807, 2.05) is 45.0 Å². The Morgan fingerprint density at radius 1 is 1.18 bits per heavy atom. The number of aryl methyl sites for hydroxylation is 1. The molecule has 1 aromatic carbocycles. The molecule has 1 aliphatic carbocycles. The van der Waals surface area contributed by atoms with Gasteiger partial charge in [-0.3, -0.25) is 0 Å². The summed E-state index contributed by atoms with van der Waals surface area (Å²) in [5.41, 5.74) is 2.47. The minimum atomic E-state index is -0.714. The van der Waals surface area contributed by atoms with E-state index in [1.54, 1.807) is 11.3 Å². The second-order valence-corrected chi connectivity index (χ2v) is 9.98. The van der Waals surface area contributed by atoms with Gasteiger partial charge >= 0.3 is 0 Å². The van der Waals surface area contributed by atoms with E-state index in [0.717, 1.165) is 26.5 Å². The number of benzene rings is 1. The Hall–Kier alpha value is -2.40. The summed E-state index contributed by atoms with van der Waals surface area (Å²) < 4.78 is 26.1. The molecule has 1 aliphatic heterocycles. The summed E-state index contributed by atoms with van der Waals surface area (Å²) in [7, 11) is 0. The van der Waals surface area contributed by atoms with Crippen LogP contribution >= 0.6 is 11.3 Å². The van der Waals surface area contributed by atoms with Crippen LogP contribution in [0.15, 0.2) is 24.3 Å². The molecule has 10 heteroatoms. The Kier molecular flexibility index (Phi) is 5.94. The van der Waals surface area contributed by atoms with Gasteiger partial charge in [0.05, 0.1) is 33.6 Å². The first-order valence-electron chi connectivity index (χ1n) is 11.2. The van der Waals surface area contributed by atoms with Crippen molar-refractivity contribution >= 4 is 33.3 Å². The number of rotatable bonds is 7. The van der Waals surface area contributed by atoms with E-state index in [-0.39, 0.29) is 37.3 Å². The van der Waals surface area contributed by atoms with Gasteiger partial charge in [-0.2, -0.15) is 4.98 Å². The van der Waals surface area contributed by atoms with E-state index >= 15 is 0 Å². The summed E-state index contributed by atoms with van der Waals surface area (Å²) in [6.45, 7) is 5.31. The first-order valence-corrected chi connectivity index (χ1v) is 12.0. The quantitative estimate of drug-likeness (QED) is 0.477. The zero-order valence-corrected chi connectivity index (χ0v) is 19.7. The van der Waals surface area contributed by atoms with Gasteiger partial charge in [-0.25, -0.2) is 14.4 Å². The van der Waals surface area contributed by atoms with Gasteiger partial charge in [0.2, 0.25) is 5.95 Å². The van der Waals surface area contributed by atoms with E-state index in [0.29, 0.717) is 18.2 Å². The van der Waals surface area contributed by atoms with Crippen molar-refractivity contribution in [2.75, 3.05) is 30.5 Å². The van der Waals surface area contributed by atoms with Gasteiger partial charge in [0.1, 0.15) is 23.6 Å². The molecule has 0 radical (unpaired) electrons. The topological polar surface area (TPSA) is 101 Å². The molecule has 1 saturated heterocycles. The normalized spacial score (nSPS) is 26.0. The summed E-state index contributed by atoms with van der Waals surface area (Å²) in [6, 6.07) is 7.85. The molecule has 2 aliphatic rings. The fourth-order valence-corrected chi connectivity index (χ4v) is 5.80. The van der Waals surface area contributed by atoms with Crippen LogP contribution in [0.3, 0.4) is 0 Å². The number of aliphatic hydroxyl groups excluding tert-OH is 1. The summed E-state index contributed by atoms with van der Waals surface area (Å²) >= 11 is 1.58. The van der Waals surface area contributed by atoms with Gasteiger partial charge in [-0.15, -0.1) is 11.3 Å². The number of aromatic nitrogens is 3. The highest BCUT2D eigenvalue weighted by Gasteiger charge is 2.54. The Morgan fingerprint density at radius 2 is 1.97 bits per heavy atom. The molecule has 0 spiro atoms. The van der Waals surface area contributed by atoms with Crippen molar-refractivity contribution < 1.29 is 19.0 Å². The van der Waals surface area contributed by atoms with Crippen molar-refractivity contribution in [2.24, 2.45) is 5.92 Å². The Bertz CT molecular complexity index is 1120. The highest BCUT2D eigenvalue weighted by molar-refractivity contribution is 7.21. The average Bonchev–Trinajstić information content (AvgIpc) is 3.43. The molecule has 0 amide bonds.